The molecule has 1 aromatic rings. The molecule has 23 heavy (non-hydrogen) atoms. The van der Waals surface area contributed by atoms with Crippen molar-refractivity contribution in [2.24, 2.45) is 0 Å². The predicted molar refractivity (Wildman–Crippen MR) is 99.6 cm³/mol. The molecule has 120 valence electrons. The van der Waals surface area contributed by atoms with Crippen LogP contribution in [-0.4, -0.2) is 48.0 Å². The van der Waals surface area contributed by atoms with Gasteiger partial charge in [0, 0.05) is 25.3 Å². The number of benzene rings is 1. The van der Waals surface area contributed by atoms with Crippen molar-refractivity contribution in [3.05, 3.63) is 47.4 Å². The van der Waals surface area contributed by atoms with Crippen molar-refractivity contribution in [2.45, 2.75) is 0 Å². The number of nitrogens with zero attached hydrogens (tertiary/aromatic N) is 2. The van der Waals surface area contributed by atoms with Gasteiger partial charge in [0.2, 0.25) is 0 Å². The van der Waals surface area contributed by atoms with Crippen molar-refractivity contribution in [3.63, 3.8) is 0 Å². The van der Waals surface area contributed by atoms with E-state index in [-0.39, 0.29) is 5.91 Å². The fourth-order valence-corrected chi connectivity index (χ4v) is 3.82. The van der Waals surface area contributed by atoms with Gasteiger partial charge in [-0.25, -0.2) is 0 Å². The molecule has 2 fully saturated rings. The van der Waals surface area contributed by atoms with Crippen LogP contribution in [0, 0.1) is 0 Å². The summed E-state index contributed by atoms with van der Waals surface area (Å²) in [5.74, 6) is -0.0443. The van der Waals surface area contributed by atoms with Gasteiger partial charge in [-0.1, -0.05) is 42.2 Å². The van der Waals surface area contributed by atoms with Crippen LogP contribution < -0.4 is 4.90 Å². The summed E-state index contributed by atoms with van der Waals surface area (Å²) >= 11 is 6.59. The standard InChI is InChI=1S/C17H18N2O2S2/c1-2-7-19-16(20)15(23-17(19)22)12-13-3-5-14(6-4-13)18-8-10-21-11-9-18/h2-6,12H,1,7-11H2. The number of carbonyl (C=O) groups is 1. The molecule has 0 atom stereocenters. The van der Waals surface area contributed by atoms with Crippen molar-refractivity contribution in [2.75, 3.05) is 37.7 Å². The van der Waals surface area contributed by atoms with E-state index in [1.54, 1.807) is 11.0 Å². The Morgan fingerprint density at radius 3 is 2.61 bits per heavy atom. The SMILES string of the molecule is C=CCN1C(=O)C(=Cc2ccc(N3CCOCC3)cc2)SC1=S. The summed E-state index contributed by atoms with van der Waals surface area (Å²) in [4.78, 5) is 16.8. The number of morpholine rings is 1. The molecule has 2 aliphatic heterocycles. The number of amides is 1. The summed E-state index contributed by atoms with van der Waals surface area (Å²) in [5, 5.41) is 0. The number of thioether (sulfide) groups is 1. The zero-order chi connectivity index (χ0) is 16.2. The number of thiocarbonyl (C=S) groups is 1. The molecule has 0 radical (unpaired) electrons. The van der Waals surface area contributed by atoms with Crippen LogP contribution >= 0.6 is 24.0 Å². The average Bonchev–Trinajstić information content (AvgIpc) is 2.84. The van der Waals surface area contributed by atoms with E-state index >= 15 is 0 Å². The highest BCUT2D eigenvalue weighted by atomic mass is 32.2. The summed E-state index contributed by atoms with van der Waals surface area (Å²) < 4.78 is 5.96. The largest absolute Gasteiger partial charge is 0.378 e. The van der Waals surface area contributed by atoms with Crippen molar-refractivity contribution in [1.82, 2.24) is 4.90 Å². The molecular weight excluding hydrogens is 328 g/mol. The van der Waals surface area contributed by atoms with E-state index in [2.05, 4.69) is 23.6 Å². The predicted octanol–water partition coefficient (Wildman–Crippen LogP) is 2.91. The smallest absolute Gasteiger partial charge is 0.266 e. The average molecular weight is 346 g/mol. The molecule has 1 amide bonds. The van der Waals surface area contributed by atoms with Crippen LogP contribution in [0.1, 0.15) is 5.56 Å². The summed E-state index contributed by atoms with van der Waals surface area (Å²) in [6.45, 7) is 7.49. The quantitative estimate of drug-likeness (QED) is 0.476. The normalized spacial score (nSPS) is 20.4. The first kappa shape index (κ1) is 16.2. The second-order valence-electron chi connectivity index (χ2n) is 5.27. The molecule has 0 spiro atoms. The molecule has 0 aliphatic carbocycles. The minimum atomic E-state index is -0.0443. The molecule has 1 aromatic carbocycles. The van der Waals surface area contributed by atoms with Gasteiger partial charge < -0.3 is 9.64 Å². The molecule has 6 heteroatoms. The first-order chi connectivity index (χ1) is 11.2. The lowest BCUT2D eigenvalue weighted by Crippen LogP contribution is -2.36. The summed E-state index contributed by atoms with van der Waals surface area (Å²) in [5.41, 5.74) is 2.19. The maximum atomic E-state index is 12.3. The Bertz CT molecular complexity index is 649. The van der Waals surface area contributed by atoms with Crippen LogP contribution in [-0.2, 0) is 9.53 Å². The zero-order valence-corrected chi connectivity index (χ0v) is 14.4. The third-order valence-corrected chi connectivity index (χ3v) is 5.13. The monoisotopic (exact) mass is 346 g/mol. The van der Waals surface area contributed by atoms with Gasteiger partial charge in [0.25, 0.3) is 5.91 Å². The Labute approximate surface area is 145 Å². The van der Waals surface area contributed by atoms with Crippen molar-refractivity contribution < 1.29 is 9.53 Å². The zero-order valence-electron chi connectivity index (χ0n) is 12.7. The lowest BCUT2D eigenvalue weighted by molar-refractivity contribution is -0.121. The lowest BCUT2D eigenvalue weighted by atomic mass is 10.1. The van der Waals surface area contributed by atoms with Crippen molar-refractivity contribution >= 4 is 46.0 Å². The highest BCUT2D eigenvalue weighted by Crippen LogP contribution is 2.32. The number of carbonyl (C=O) groups excluding carboxylic acids is 1. The summed E-state index contributed by atoms with van der Waals surface area (Å²) in [6.07, 6.45) is 3.58. The molecule has 2 aliphatic rings. The Morgan fingerprint density at radius 2 is 1.96 bits per heavy atom. The maximum absolute atomic E-state index is 12.3. The summed E-state index contributed by atoms with van der Waals surface area (Å²) in [7, 11) is 0. The molecule has 0 bridgehead atoms. The fourth-order valence-electron chi connectivity index (χ4n) is 2.54. The second-order valence-corrected chi connectivity index (χ2v) is 6.95. The Balaban J connectivity index is 1.73. The Morgan fingerprint density at radius 1 is 1.26 bits per heavy atom. The highest BCUT2D eigenvalue weighted by Gasteiger charge is 2.30. The molecule has 3 rings (SSSR count). The van der Waals surface area contributed by atoms with Crippen LogP contribution in [0.2, 0.25) is 0 Å². The number of rotatable bonds is 4. The van der Waals surface area contributed by atoms with Crippen LogP contribution in [0.25, 0.3) is 6.08 Å². The lowest BCUT2D eigenvalue weighted by Gasteiger charge is -2.28. The Hall–Kier alpha value is -1.63. The van der Waals surface area contributed by atoms with Gasteiger partial charge in [-0.3, -0.25) is 9.69 Å². The van der Waals surface area contributed by atoms with Crippen molar-refractivity contribution in [1.29, 1.82) is 0 Å². The van der Waals surface area contributed by atoms with E-state index in [1.165, 1.54) is 17.4 Å². The number of ether oxygens (including phenoxy) is 1. The molecule has 4 nitrogen and oxygen atoms in total. The summed E-state index contributed by atoms with van der Waals surface area (Å²) in [6, 6.07) is 8.24. The van der Waals surface area contributed by atoms with Gasteiger partial charge in [0.05, 0.1) is 18.1 Å². The van der Waals surface area contributed by atoms with Crippen molar-refractivity contribution in [3.8, 4) is 0 Å². The molecule has 2 heterocycles. The minimum absolute atomic E-state index is 0.0443. The minimum Gasteiger partial charge on any atom is -0.378 e. The highest BCUT2D eigenvalue weighted by molar-refractivity contribution is 8.26. The maximum Gasteiger partial charge on any atom is 0.266 e. The Kier molecular flexibility index (Phi) is 5.15. The third kappa shape index (κ3) is 3.65. The van der Waals surface area contributed by atoms with E-state index in [0.29, 0.717) is 15.8 Å². The second kappa shape index (κ2) is 7.29. The van der Waals surface area contributed by atoms with Gasteiger partial charge in [-0.05, 0) is 23.8 Å². The molecule has 0 N–H and O–H groups in total. The molecular formula is C17H18N2O2S2. The van der Waals surface area contributed by atoms with Crippen LogP contribution in [0.4, 0.5) is 5.69 Å². The molecule has 0 aromatic heterocycles. The van der Waals surface area contributed by atoms with E-state index in [9.17, 15) is 4.79 Å². The van der Waals surface area contributed by atoms with E-state index in [1.807, 2.05) is 18.2 Å². The van der Waals surface area contributed by atoms with Gasteiger partial charge >= 0.3 is 0 Å². The number of hydrogen-bond acceptors (Lipinski definition) is 5. The third-order valence-electron chi connectivity index (χ3n) is 3.75. The number of hydrogen-bond donors (Lipinski definition) is 0. The molecule has 0 saturated carbocycles. The number of anilines is 1. The first-order valence-electron chi connectivity index (χ1n) is 7.48. The van der Waals surface area contributed by atoms with Gasteiger partial charge in [-0.2, -0.15) is 0 Å². The van der Waals surface area contributed by atoms with Crippen LogP contribution in [0.5, 0.6) is 0 Å². The van der Waals surface area contributed by atoms with Gasteiger partial charge in [-0.15, -0.1) is 6.58 Å². The van der Waals surface area contributed by atoms with Crippen LogP contribution in [0.3, 0.4) is 0 Å². The van der Waals surface area contributed by atoms with Gasteiger partial charge in [0.15, 0.2) is 0 Å². The van der Waals surface area contributed by atoms with Gasteiger partial charge in [0.1, 0.15) is 4.32 Å². The van der Waals surface area contributed by atoms with E-state index in [4.69, 9.17) is 17.0 Å². The topological polar surface area (TPSA) is 32.8 Å². The molecule has 0 unspecified atom stereocenters. The fraction of sp³-hybridized carbons (Fsp3) is 0.294. The first-order valence-corrected chi connectivity index (χ1v) is 8.70. The van der Waals surface area contributed by atoms with E-state index in [0.717, 1.165) is 31.9 Å². The van der Waals surface area contributed by atoms with E-state index < -0.39 is 0 Å². The molecule has 2 saturated heterocycles. The van der Waals surface area contributed by atoms with Crippen LogP contribution in [0.15, 0.2) is 41.8 Å².